The van der Waals surface area contributed by atoms with Crippen molar-refractivity contribution in [2.24, 2.45) is 0 Å². The second-order valence-corrected chi connectivity index (χ2v) is 8.66. The van der Waals surface area contributed by atoms with E-state index in [-0.39, 0.29) is 11.6 Å². The molecule has 0 aromatic heterocycles. The lowest BCUT2D eigenvalue weighted by Gasteiger charge is -2.23. The molecule has 3 aromatic rings. The smallest absolute Gasteiger partial charge is 0.212 e. The quantitative estimate of drug-likeness (QED) is 0.474. The van der Waals surface area contributed by atoms with Gasteiger partial charge in [0.05, 0.1) is 6.67 Å². The second-order valence-electron chi connectivity index (χ2n) is 8.66. The maximum atomic E-state index is 13.5. The lowest BCUT2D eigenvalue weighted by molar-refractivity contribution is 0.0950. The number of unbranched alkanes of at least 4 members (excludes halogenated alkanes) is 2. The first-order valence-corrected chi connectivity index (χ1v) is 11.6. The number of carbonyl (C=O) groups is 2. The maximum Gasteiger partial charge on any atom is 0.212 e. The van der Waals surface area contributed by atoms with Crippen LogP contribution in [0.4, 0.5) is 0 Å². The van der Waals surface area contributed by atoms with Crippen LogP contribution >= 0.6 is 0 Å². The van der Waals surface area contributed by atoms with E-state index < -0.39 is 0 Å². The Morgan fingerprint density at radius 1 is 0.719 bits per heavy atom. The zero-order valence-electron chi connectivity index (χ0n) is 18.5. The Labute approximate surface area is 189 Å². The first kappa shape index (κ1) is 20.5. The summed E-state index contributed by atoms with van der Waals surface area (Å²) in [4.78, 5) is 31.1. The Morgan fingerprint density at radius 2 is 1.34 bits per heavy atom. The highest BCUT2D eigenvalue weighted by molar-refractivity contribution is 6.26. The summed E-state index contributed by atoms with van der Waals surface area (Å²) in [6.07, 6.45) is 4.09. The van der Waals surface area contributed by atoms with Crippen molar-refractivity contribution in [1.29, 1.82) is 0 Å². The molecule has 0 atom stereocenters. The summed E-state index contributed by atoms with van der Waals surface area (Å²) in [5.41, 5.74) is 3.52. The molecular formula is C28H28N2O2. The minimum atomic E-state index is -0.0221. The third-order valence-electron chi connectivity index (χ3n) is 6.61. The van der Waals surface area contributed by atoms with Crippen molar-refractivity contribution < 1.29 is 9.59 Å². The third-order valence-corrected chi connectivity index (χ3v) is 6.61. The number of allylic oxidation sites excluding steroid dienone is 2. The van der Waals surface area contributed by atoms with Gasteiger partial charge in [0, 0.05) is 24.2 Å². The normalized spacial score (nSPS) is 15.5. The Bertz CT molecular complexity index is 1220. The molecule has 3 aromatic carbocycles. The van der Waals surface area contributed by atoms with Gasteiger partial charge in [-0.1, -0.05) is 86.5 Å². The van der Waals surface area contributed by atoms with Gasteiger partial charge in [-0.15, -0.1) is 0 Å². The van der Waals surface area contributed by atoms with Gasteiger partial charge in [0.15, 0.2) is 0 Å². The molecule has 162 valence electrons. The number of rotatable bonds is 7. The Balaban J connectivity index is 1.46. The van der Waals surface area contributed by atoms with E-state index in [0.717, 1.165) is 32.2 Å². The van der Waals surface area contributed by atoms with Gasteiger partial charge in [-0.05, 0) is 29.2 Å². The van der Waals surface area contributed by atoms with Gasteiger partial charge in [0.1, 0.15) is 11.4 Å². The lowest BCUT2D eigenvalue weighted by atomic mass is 9.90. The fourth-order valence-electron chi connectivity index (χ4n) is 4.97. The Kier molecular flexibility index (Phi) is 5.52. The molecule has 0 saturated heterocycles. The number of hydrogen-bond acceptors (Lipinski definition) is 4. The SMILES string of the molecule is CCCCCN1CN(CCc2cccc3ccccc23)C2=C1C(=O)c1ccccc1C2=O. The van der Waals surface area contributed by atoms with Crippen molar-refractivity contribution >= 4 is 22.3 Å². The molecule has 0 radical (unpaired) electrons. The minimum Gasteiger partial charge on any atom is -0.349 e. The predicted octanol–water partition coefficient (Wildman–Crippen LogP) is 5.44. The molecule has 0 N–H and O–H groups in total. The van der Waals surface area contributed by atoms with E-state index in [1.54, 1.807) is 12.1 Å². The van der Waals surface area contributed by atoms with E-state index in [9.17, 15) is 9.59 Å². The average Bonchev–Trinajstić information content (AvgIpc) is 3.20. The van der Waals surface area contributed by atoms with Gasteiger partial charge >= 0.3 is 0 Å². The predicted molar refractivity (Wildman–Crippen MR) is 128 cm³/mol. The Morgan fingerprint density at radius 3 is 2.06 bits per heavy atom. The minimum absolute atomic E-state index is 0.0145. The van der Waals surface area contributed by atoms with Gasteiger partial charge in [-0.2, -0.15) is 0 Å². The van der Waals surface area contributed by atoms with Gasteiger partial charge in [-0.25, -0.2) is 0 Å². The van der Waals surface area contributed by atoms with Crippen LogP contribution in [0.3, 0.4) is 0 Å². The number of carbonyl (C=O) groups excluding carboxylic acids is 2. The zero-order valence-corrected chi connectivity index (χ0v) is 18.5. The van der Waals surface area contributed by atoms with Crippen molar-refractivity contribution in [2.75, 3.05) is 19.8 Å². The number of Topliss-reactive ketones (excluding diaryl/α,β-unsaturated/α-hetero) is 2. The lowest BCUT2D eigenvalue weighted by Crippen LogP contribution is -2.31. The van der Waals surface area contributed by atoms with Crippen LogP contribution in [-0.4, -0.2) is 41.1 Å². The second kappa shape index (κ2) is 8.62. The van der Waals surface area contributed by atoms with Crippen LogP contribution in [0.1, 0.15) is 52.5 Å². The fraction of sp³-hybridized carbons (Fsp3) is 0.286. The molecule has 1 aliphatic carbocycles. The van der Waals surface area contributed by atoms with Crippen LogP contribution in [-0.2, 0) is 6.42 Å². The van der Waals surface area contributed by atoms with Crippen molar-refractivity contribution in [3.05, 3.63) is 94.8 Å². The maximum absolute atomic E-state index is 13.5. The number of fused-ring (bicyclic) bond motifs is 2. The highest BCUT2D eigenvalue weighted by atomic mass is 16.1. The van der Waals surface area contributed by atoms with E-state index in [2.05, 4.69) is 59.2 Å². The summed E-state index contributed by atoms with van der Waals surface area (Å²) in [6.45, 7) is 4.29. The molecule has 1 heterocycles. The summed E-state index contributed by atoms with van der Waals surface area (Å²) in [5, 5.41) is 2.48. The van der Waals surface area contributed by atoms with Crippen molar-refractivity contribution in [1.82, 2.24) is 9.80 Å². The molecule has 1 aliphatic heterocycles. The van der Waals surface area contributed by atoms with Crippen LogP contribution < -0.4 is 0 Å². The first-order chi connectivity index (χ1) is 15.7. The molecule has 4 heteroatoms. The Hall–Kier alpha value is -3.40. The highest BCUT2D eigenvalue weighted by Crippen LogP contribution is 2.35. The van der Waals surface area contributed by atoms with Crippen molar-refractivity contribution in [2.45, 2.75) is 32.6 Å². The number of benzene rings is 3. The van der Waals surface area contributed by atoms with Crippen LogP contribution in [0.5, 0.6) is 0 Å². The summed E-state index contributed by atoms with van der Waals surface area (Å²) < 4.78 is 0. The van der Waals surface area contributed by atoms with E-state index in [1.807, 2.05) is 12.1 Å². The summed E-state index contributed by atoms with van der Waals surface area (Å²) >= 11 is 0. The van der Waals surface area contributed by atoms with E-state index >= 15 is 0 Å². The molecule has 0 fully saturated rings. The largest absolute Gasteiger partial charge is 0.349 e. The van der Waals surface area contributed by atoms with Crippen LogP contribution in [0.15, 0.2) is 78.1 Å². The molecule has 0 unspecified atom stereocenters. The van der Waals surface area contributed by atoms with Gasteiger partial charge < -0.3 is 9.80 Å². The van der Waals surface area contributed by atoms with Crippen LogP contribution in [0.2, 0.25) is 0 Å². The number of hydrogen-bond donors (Lipinski definition) is 0. The highest BCUT2D eigenvalue weighted by Gasteiger charge is 2.42. The average molecular weight is 425 g/mol. The third kappa shape index (κ3) is 3.50. The van der Waals surface area contributed by atoms with Crippen LogP contribution in [0, 0.1) is 0 Å². The van der Waals surface area contributed by atoms with Gasteiger partial charge in [-0.3, -0.25) is 9.59 Å². The van der Waals surface area contributed by atoms with Crippen molar-refractivity contribution in [3.63, 3.8) is 0 Å². The molecule has 0 bridgehead atoms. The summed E-state index contributed by atoms with van der Waals surface area (Å²) in [5.74, 6) is -0.0366. The summed E-state index contributed by atoms with van der Waals surface area (Å²) in [7, 11) is 0. The molecule has 4 nitrogen and oxygen atoms in total. The van der Waals surface area contributed by atoms with E-state index in [0.29, 0.717) is 35.7 Å². The molecule has 32 heavy (non-hydrogen) atoms. The van der Waals surface area contributed by atoms with E-state index in [4.69, 9.17) is 0 Å². The fourth-order valence-corrected chi connectivity index (χ4v) is 4.97. The molecule has 0 spiro atoms. The summed E-state index contributed by atoms with van der Waals surface area (Å²) in [6, 6.07) is 22.0. The van der Waals surface area contributed by atoms with Crippen LogP contribution in [0.25, 0.3) is 10.8 Å². The number of nitrogens with zero attached hydrogens (tertiary/aromatic N) is 2. The topological polar surface area (TPSA) is 40.6 Å². The van der Waals surface area contributed by atoms with Gasteiger partial charge in [0.25, 0.3) is 0 Å². The monoisotopic (exact) mass is 424 g/mol. The standard InChI is InChI=1S/C28H28N2O2/c1-2-3-8-17-29-19-30(18-16-21-12-9-11-20-10-4-5-13-22(20)21)26-25(29)27(31)23-14-6-7-15-24(23)28(26)32/h4-7,9-15H,2-3,8,16-19H2,1H3. The molecule has 0 amide bonds. The molecular weight excluding hydrogens is 396 g/mol. The van der Waals surface area contributed by atoms with E-state index in [1.165, 1.54) is 16.3 Å². The van der Waals surface area contributed by atoms with Crippen molar-refractivity contribution in [3.8, 4) is 0 Å². The van der Waals surface area contributed by atoms with Gasteiger partial charge in [0.2, 0.25) is 11.6 Å². The first-order valence-electron chi connectivity index (χ1n) is 11.6. The zero-order chi connectivity index (χ0) is 22.1. The molecule has 5 rings (SSSR count). The molecule has 2 aliphatic rings. The molecule has 0 saturated carbocycles. The number of ketones is 2.